The molecule has 1 aliphatic heterocycles. The average Bonchev–Trinajstić information content (AvgIpc) is 2.92. The van der Waals surface area contributed by atoms with E-state index in [0.717, 1.165) is 24.4 Å². The summed E-state index contributed by atoms with van der Waals surface area (Å²) in [5, 5.41) is 9.66. The zero-order valence-electron chi connectivity index (χ0n) is 9.86. The normalized spacial score (nSPS) is 20.8. The number of aromatic nitrogens is 2. The Morgan fingerprint density at radius 2 is 2.33 bits per heavy atom. The zero-order chi connectivity index (χ0) is 12.4. The fourth-order valence-corrected chi connectivity index (χ4v) is 3.49. The molecule has 1 unspecified atom stereocenters. The minimum absolute atomic E-state index is 0.253. The Hall–Kier alpha value is -0.470. The van der Waals surface area contributed by atoms with Gasteiger partial charge in [0, 0.05) is 5.38 Å². The van der Waals surface area contributed by atoms with Crippen molar-refractivity contribution in [3.05, 3.63) is 20.2 Å². The van der Waals surface area contributed by atoms with Gasteiger partial charge in [-0.15, -0.1) is 11.3 Å². The highest BCUT2D eigenvalue weighted by molar-refractivity contribution is 14.1. The van der Waals surface area contributed by atoms with Crippen LogP contribution in [0.2, 0.25) is 0 Å². The molecule has 2 aromatic rings. The molecular formula is C12H14IN3OS. The molecule has 1 aliphatic rings. The lowest BCUT2D eigenvalue weighted by Gasteiger charge is -2.09. The van der Waals surface area contributed by atoms with E-state index in [1.54, 1.807) is 11.3 Å². The van der Waals surface area contributed by atoms with Gasteiger partial charge in [-0.25, -0.2) is 0 Å². The van der Waals surface area contributed by atoms with Gasteiger partial charge in [-0.1, -0.05) is 18.0 Å². The van der Waals surface area contributed by atoms with Crippen molar-refractivity contribution in [1.82, 2.24) is 15.5 Å². The summed E-state index contributed by atoms with van der Waals surface area (Å²) >= 11 is 3.99. The molecule has 2 aromatic heterocycles. The van der Waals surface area contributed by atoms with Crippen molar-refractivity contribution < 1.29 is 4.52 Å². The van der Waals surface area contributed by atoms with Gasteiger partial charge in [-0.05, 0) is 48.0 Å². The molecule has 4 nitrogen and oxygen atoms in total. The van der Waals surface area contributed by atoms with Gasteiger partial charge < -0.3 is 9.84 Å². The highest BCUT2D eigenvalue weighted by Gasteiger charge is 2.20. The standard InChI is InChI=1S/C12H14IN3OS/c13-10-6-8(7-18-10)12-15-11(16-17-12)9-4-2-1-3-5-14-9/h6-7,9,14H,1-5H2. The summed E-state index contributed by atoms with van der Waals surface area (Å²) in [6, 6.07) is 2.32. The Morgan fingerprint density at radius 3 is 3.17 bits per heavy atom. The first-order chi connectivity index (χ1) is 8.83. The summed E-state index contributed by atoms with van der Waals surface area (Å²) in [7, 11) is 0. The van der Waals surface area contributed by atoms with Crippen LogP contribution in [0.3, 0.4) is 0 Å². The van der Waals surface area contributed by atoms with Crippen molar-refractivity contribution in [3.63, 3.8) is 0 Å². The predicted molar refractivity (Wildman–Crippen MR) is 79.5 cm³/mol. The van der Waals surface area contributed by atoms with Crippen molar-refractivity contribution in [1.29, 1.82) is 0 Å². The van der Waals surface area contributed by atoms with E-state index in [1.165, 1.54) is 22.1 Å². The number of rotatable bonds is 2. The van der Waals surface area contributed by atoms with Crippen LogP contribution in [0.5, 0.6) is 0 Å². The molecule has 0 radical (unpaired) electrons. The van der Waals surface area contributed by atoms with E-state index >= 15 is 0 Å². The van der Waals surface area contributed by atoms with Gasteiger partial charge in [0.05, 0.1) is 14.5 Å². The number of nitrogens with zero attached hydrogens (tertiary/aromatic N) is 2. The van der Waals surface area contributed by atoms with Crippen molar-refractivity contribution >= 4 is 33.9 Å². The van der Waals surface area contributed by atoms with Gasteiger partial charge in [0.1, 0.15) is 0 Å². The van der Waals surface area contributed by atoms with Crippen LogP contribution in [0.1, 0.15) is 37.5 Å². The summed E-state index contributed by atoms with van der Waals surface area (Å²) in [4.78, 5) is 4.52. The monoisotopic (exact) mass is 375 g/mol. The Balaban J connectivity index is 1.80. The molecule has 3 rings (SSSR count). The van der Waals surface area contributed by atoms with E-state index < -0.39 is 0 Å². The molecule has 3 heterocycles. The fourth-order valence-electron chi connectivity index (χ4n) is 2.16. The number of thiophene rings is 1. The molecule has 18 heavy (non-hydrogen) atoms. The maximum atomic E-state index is 5.36. The minimum Gasteiger partial charge on any atom is -0.334 e. The fraction of sp³-hybridized carbons (Fsp3) is 0.500. The smallest absolute Gasteiger partial charge is 0.258 e. The molecule has 1 N–H and O–H groups in total. The van der Waals surface area contributed by atoms with Gasteiger partial charge >= 0.3 is 0 Å². The molecule has 0 spiro atoms. The van der Waals surface area contributed by atoms with Crippen LogP contribution < -0.4 is 5.32 Å². The molecule has 6 heteroatoms. The van der Waals surface area contributed by atoms with E-state index in [-0.39, 0.29) is 6.04 Å². The summed E-state index contributed by atoms with van der Waals surface area (Å²) in [6.07, 6.45) is 4.86. The molecule has 96 valence electrons. The molecule has 0 saturated carbocycles. The van der Waals surface area contributed by atoms with Crippen LogP contribution >= 0.6 is 33.9 Å². The molecule has 0 amide bonds. The van der Waals surface area contributed by atoms with E-state index in [4.69, 9.17) is 4.52 Å². The van der Waals surface area contributed by atoms with Gasteiger partial charge in [0.15, 0.2) is 5.82 Å². The zero-order valence-corrected chi connectivity index (χ0v) is 12.8. The molecule has 0 aromatic carbocycles. The number of hydrogen-bond donors (Lipinski definition) is 1. The number of nitrogens with one attached hydrogen (secondary N) is 1. The average molecular weight is 375 g/mol. The molecule has 0 bridgehead atoms. The summed E-state index contributed by atoms with van der Waals surface area (Å²) in [5.41, 5.74) is 1.02. The third kappa shape index (κ3) is 2.75. The largest absolute Gasteiger partial charge is 0.334 e. The van der Waals surface area contributed by atoms with Crippen LogP contribution in [0.15, 0.2) is 16.0 Å². The molecular weight excluding hydrogens is 361 g/mol. The highest BCUT2D eigenvalue weighted by Crippen LogP contribution is 2.27. The second-order valence-corrected chi connectivity index (χ2v) is 7.26. The lowest BCUT2D eigenvalue weighted by molar-refractivity contribution is 0.402. The molecule has 1 fully saturated rings. The predicted octanol–water partition coefficient (Wildman–Crippen LogP) is 3.61. The summed E-state index contributed by atoms with van der Waals surface area (Å²) in [6.45, 7) is 1.05. The first kappa shape index (κ1) is 12.6. The lowest BCUT2D eigenvalue weighted by atomic mass is 10.1. The highest BCUT2D eigenvalue weighted by atomic mass is 127. The molecule has 1 saturated heterocycles. The first-order valence-electron chi connectivity index (χ1n) is 6.14. The summed E-state index contributed by atoms with van der Waals surface area (Å²) < 4.78 is 6.59. The van der Waals surface area contributed by atoms with E-state index in [2.05, 4.69) is 49.5 Å². The Kier molecular flexibility index (Phi) is 3.95. The Morgan fingerprint density at radius 1 is 1.39 bits per heavy atom. The van der Waals surface area contributed by atoms with Crippen LogP contribution in [0.25, 0.3) is 11.5 Å². The SMILES string of the molecule is Ic1cc(-c2nc(C3CCCCCN3)no2)cs1. The number of hydrogen-bond acceptors (Lipinski definition) is 5. The van der Waals surface area contributed by atoms with Gasteiger partial charge in [-0.3, -0.25) is 0 Å². The maximum absolute atomic E-state index is 5.36. The van der Waals surface area contributed by atoms with Crippen molar-refractivity contribution in [2.24, 2.45) is 0 Å². The topological polar surface area (TPSA) is 51.0 Å². The quantitative estimate of drug-likeness (QED) is 0.815. The Bertz CT molecular complexity index is 517. The van der Waals surface area contributed by atoms with Gasteiger partial charge in [0.25, 0.3) is 5.89 Å². The van der Waals surface area contributed by atoms with Crippen LogP contribution in [0, 0.1) is 2.88 Å². The third-order valence-electron chi connectivity index (χ3n) is 3.13. The second-order valence-electron chi connectivity index (χ2n) is 4.45. The van der Waals surface area contributed by atoms with Crippen molar-refractivity contribution in [2.75, 3.05) is 6.54 Å². The molecule has 0 aliphatic carbocycles. The van der Waals surface area contributed by atoms with E-state index in [1.807, 2.05) is 0 Å². The Labute approximate surface area is 123 Å². The second kappa shape index (κ2) is 5.66. The molecule has 1 atom stereocenters. The van der Waals surface area contributed by atoms with Crippen molar-refractivity contribution in [2.45, 2.75) is 31.7 Å². The summed E-state index contributed by atoms with van der Waals surface area (Å²) in [5.74, 6) is 1.43. The van der Waals surface area contributed by atoms with E-state index in [9.17, 15) is 0 Å². The third-order valence-corrected chi connectivity index (χ3v) is 4.92. The van der Waals surface area contributed by atoms with E-state index in [0.29, 0.717) is 5.89 Å². The van der Waals surface area contributed by atoms with Crippen LogP contribution in [-0.4, -0.2) is 16.7 Å². The van der Waals surface area contributed by atoms with Crippen molar-refractivity contribution in [3.8, 4) is 11.5 Å². The first-order valence-corrected chi connectivity index (χ1v) is 8.10. The van der Waals surface area contributed by atoms with Crippen LogP contribution in [0.4, 0.5) is 0 Å². The lowest BCUT2D eigenvalue weighted by Crippen LogP contribution is -2.21. The van der Waals surface area contributed by atoms with Gasteiger partial charge in [-0.2, -0.15) is 4.98 Å². The number of halogens is 1. The van der Waals surface area contributed by atoms with Crippen LogP contribution in [-0.2, 0) is 0 Å². The van der Waals surface area contributed by atoms with Gasteiger partial charge in [0.2, 0.25) is 0 Å². The maximum Gasteiger partial charge on any atom is 0.258 e. The minimum atomic E-state index is 0.253.